The van der Waals surface area contributed by atoms with Crippen molar-refractivity contribution in [3.63, 3.8) is 0 Å². The highest BCUT2D eigenvalue weighted by Crippen LogP contribution is 2.23. The van der Waals surface area contributed by atoms with Crippen LogP contribution in [0.2, 0.25) is 0 Å². The van der Waals surface area contributed by atoms with E-state index >= 15 is 0 Å². The van der Waals surface area contributed by atoms with Crippen molar-refractivity contribution in [2.45, 2.75) is 64.0 Å². The van der Waals surface area contributed by atoms with E-state index in [0.717, 1.165) is 62.2 Å². The maximum absolute atomic E-state index is 13.0. The number of hydrogen-bond donors (Lipinski definition) is 1. The number of carbonyl (C=O) groups excluding carboxylic acids is 2. The maximum Gasteiger partial charge on any atom is 0.227 e. The fourth-order valence-electron chi connectivity index (χ4n) is 4.58. The monoisotopic (exact) mass is 479 g/mol. The molecule has 3 rings (SSSR count). The van der Waals surface area contributed by atoms with Crippen molar-refractivity contribution in [1.82, 2.24) is 15.1 Å². The fraction of sp³-hybridized carbons (Fsp3) is 0.517. The third kappa shape index (κ3) is 9.02. The first-order valence-corrected chi connectivity index (χ1v) is 13.0. The van der Waals surface area contributed by atoms with Gasteiger partial charge in [-0.25, -0.2) is 0 Å². The van der Waals surface area contributed by atoms with Gasteiger partial charge in [0.25, 0.3) is 0 Å². The Morgan fingerprint density at radius 2 is 1.74 bits per heavy atom. The lowest BCUT2D eigenvalue weighted by Gasteiger charge is -2.26. The minimum atomic E-state index is 0.0153. The molecule has 1 unspecified atom stereocenters. The number of nitrogens with zero attached hydrogens (tertiary/aromatic N) is 2. The first-order valence-electron chi connectivity index (χ1n) is 13.0. The van der Waals surface area contributed by atoms with Crippen LogP contribution in [0.4, 0.5) is 0 Å². The van der Waals surface area contributed by atoms with E-state index in [1.165, 1.54) is 12.8 Å². The van der Waals surface area contributed by atoms with Crippen molar-refractivity contribution in [3.8, 4) is 5.75 Å². The molecule has 0 spiro atoms. The van der Waals surface area contributed by atoms with E-state index in [1.54, 1.807) is 0 Å². The second-order valence-electron chi connectivity index (χ2n) is 9.52. The highest BCUT2D eigenvalue weighted by atomic mass is 16.5. The van der Waals surface area contributed by atoms with E-state index in [9.17, 15) is 9.59 Å². The molecule has 2 aromatic rings. The van der Waals surface area contributed by atoms with E-state index in [4.69, 9.17) is 4.74 Å². The summed E-state index contributed by atoms with van der Waals surface area (Å²) in [6.45, 7) is 3.10. The first kappa shape index (κ1) is 26.7. The number of rotatable bonds is 14. The van der Waals surface area contributed by atoms with Crippen LogP contribution in [0.5, 0.6) is 5.75 Å². The Morgan fingerprint density at radius 1 is 1.00 bits per heavy atom. The number of hydrogen-bond acceptors (Lipinski definition) is 4. The molecule has 190 valence electrons. The van der Waals surface area contributed by atoms with Crippen LogP contribution in [0.1, 0.15) is 56.1 Å². The van der Waals surface area contributed by atoms with E-state index in [-0.39, 0.29) is 17.9 Å². The van der Waals surface area contributed by atoms with Crippen molar-refractivity contribution in [2.24, 2.45) is 0 Å². The highest BCUT2D eigenvalue weighted by molar-refractivity contribution is 5.81. The third-order valence-electron chi connectivity index (χ3n) is 6.73. The highest BCUT2D eigenvalue weighted by Gasteiger charge is 2.31. The molecule has 0 radical (unpaired) electrons. The quantitative estimate of drug-likeness (QED) is 0.407. The van der Waals surface area contributed by atoms with Gasteiger partial charge < -0.3 is 19.9 Å². The van der Waals surface area contributed by atoms with Gasteiger partial charge in [0.05, 0.1) is 6.42 Å². The summed E-state index contributed by atoms with van der Waals surface area (Å²) in [5.41, 5.74) is 2.09. The largest absolute Gasteiger partial charge is 0.489 e. The van der Waals surface area contributed by atoms with Crippen molar-refractivity contribution >= 4 is 11.8 Å². The van der Waals surface area contributed by atoms with Gasteiger partial charge in [0.15, 0.2) is 0 Å². The summed E-state index contributed by atoms with van der Waals surface area (Å²) in [5.74, 6) is 1.04. The summed E-state index contributed by atoms with van der Waals surface area (Å²) in [6, 6.07) is 17.8. The van der Waals surface area contributed by atoms with Gasteiger partial charge in [0.1, 0.15) is 12.4 Å². The summed E-state index contributed by atoms with van der Waals surface area (Å²) in [4.78, 5) is 29.6. The Morgan fingerprint density at radius 3 is 2.49 bits per heavy atom. The summed E-state index contributed by atoms with van der Waals surface area (Å²) in [6.07, 6.45) is 7.19. The predicted octanol–water partition coefficient (Wildman–Crippen LogP) is 4.43. The van der Waals surface area contributed by atoms with Crippen LogP contribution in [-0.4, -0.2) is 61.4 Å². The molecule has 1 atom stereocenters. The zero-order valence-electron chi connectivity index (χ0n) is 21.4. The lowest BCUT2D eigenvalue weighted by molar-refractivity contribution is -0.134. The minimum absolute atomic E-state index is 0.0153. The smallest absolute Gasteiger partial charge is 0.227 e. The van der Waals surface area contributed by atoms with Gasteiger partial charge in [-0.05, 0) is 62.5 Å². The Hall–Kier alpha value is -2.86. The summed E-state index contributed by atoms with van der Waals surface area (Å²) < 4.78 is 5.85. The molecule has 1 fully saturated rings. The molecule has 1 aliphatic heterocycles. The number of carbonyl (C=O) groups is 2. The number of nitrogens with one attached hydrogen (secondary N) is 1. The minimum Gasteiger partial charge on any atom is -0.489 e. The van der Waals surface area contributed by atoms with Crippen LogP contribution in [0.3, 0.4) is 0 Å². The molecule has 1 heterocycles. The Balaban J connectivity index is 1.41. The van der Waals surface area contributed by atoms with Gasteiger partial charge in [0.2, 0.25) is 11.8 Å². The number of unbranched alkanes of at least 4 members (excludes halogenated alkanes) is 3. The average molecular weight is 480 g/mol. The Bertz CT molecular complexity index is 901. The first-order chi connectivity index (χ1) is 17.1. The number of benzene rings is 2. The lowest BCUT2D eigenvalue weighted by Crippen LogP contribution is -2.40. The third-order valence-corrected chi connectivity index (χ3v) is 6.73. The van der Waals surface area contributed by atoms with Crippen molar-refractivity contribution in [1.29, 1.82) is 0 Å². The molecule has 1 aliphatic rings. The molecule has 0 bridgehead atoms. The summed E-state index contributed by atoms with van der Waals surface area (Å²) >= 11 is 0. The number of amides is 2. The van der Waals surface area contributed by atoms with Gasteiger partial charge in [-0.3, -0.25) is 9.59 Å². The zero-order chi connectivity index (χ0) is 24.9. The topological polar surface area (TPSA) is 61.9 Å². The number of ether oxygens (including phenoxy) is 1. The van der Waals surface area contributed by atoms with Crippen LogP contribution < -0.4 is 10.1 Å². The van der Waals surface area contributed by atoms with Gasteiger partial charge in [0, 0.05) is 32.6 Å². The Kier molecular flexibility index (Phi) is 11.1. The zero-order valence-corrected chi connectivity index (χ0v) is 21.4. The van der Waals surface area contributed by atoms with Gasteiger partial charge >= 0.3 is 0 Å². The van der Waals surface area contributed by atoms with Crippen LogP contribution >= 0.6 is 0 Å². The van der Waals surface area contributed by atoms with E-state index < -0.39 is 0 Å². The van der Waals surface area contributed by atoms with Crippen LogP contribution in [-0.2, 0) is 22.6 Å². The summed E-state index contributed by atoms with van der Waals surface area (Å²) in [7, 11) is 3.86. The maximum atomic E-state index is 13.0. The second kappa shape index (κ2) is 14.5. The average Bonchev–Trinajstić information content (AvgIpc) is 3.34. The van der Waals surface area contributed by atoms with E-state index in [1.807, 2.05) is 78.5 Å². The van der Waals surface area contributed by atoms with Crippen LogP contribution in [0, 0.1) is 0 Å². The van der Waals surface area contributed by atoms with Gasteiger partial charge in [-0.2, -0.15) is 0 Å². The second-order valence-corrected chi connectivity index (χ2v) is 9.52. The van der Waals surface area contributed by atoms with Crippen LogP contribution in [0.25, 0.3) is 0 Å². The molecule has 6 nitrogen and oxygen atoms in total. The molecular formula is C29H41N3O3. The molecule has 1 N–H and O–H groups in total. The summed E-state index contributed by atoms with van der Waals surface area (Å²) in [5, 5.41) is 3.17. The van der Waals surface area contributed by atoms with Crippen molar-refractivity contribution in [3.05, 3.63) is 65.7 Å². The predicted molar refractivity (Wildman–Crippen MR) is 140 cm³/mol. The van der Waals surface area contributed by atoms with Crippen molar-refractivity contribution < 1.29 is 14.3 Å². The standard InChI is InChI=1S/C29H41N3O3/c1-30-18-8-3-4-9-19-31(2)28(33)22-26-13-10-20-32(26)29(34)21-24-14-16-27(17-15-24)35-23-25-11-6-5-7-12-25/h5-7,11-12,14-17,26,30H,3-4,8-10,13,18-23H2,1-2H3. The molecule has 6 heteroatoms. The van der Waals surface area contributed by atoms with Gasteiger partial charge in [-0.15, -0.1) is 0 Å². The molecule has 0 aliphatic carbocycles. The normalized spacial score (nSPS) is 15.3. The fourth-order valence-corrected chi connectivity index (χ4v) is 4.58. The molecular weight excluding hydrogens is 438 g/mol. The molecule has 2 aromatic carbocycles. The SMILES string of the molecule is CNCCCCCCN(C)C(=O)CC1CCCN1C(=O)Cc1ccc(OCc2ccccc2)cc1. The Labute approximate surface area is 210 Å². The molecule has 0 saturated carbocycles. The molecule has 0 aromatic heterocycles. The molecule has 2 amide bonds. The van der Waals surface area contributed by atoms with E-state index in [2.05, 4.69) is 5.32 Å². The van der Waals surface area contributed by atoms with Gasteiger partial charge in [-0.1, -0.05) is 55.3 Å². The lowest BCUT2D eigenvalue weighted by atomic mass is 10.1. The number of likely N-dealkylation sites (tertiary alicyclic amines) is 1. The van der Waals surface area contributed by atoms with E-state index in [0.29, 0.717) is 19.4 Å². The molecule has 1 saturated heterocycles. The molecule has 35 heavy (non-hydrogen) atoms. The van der Waals surface area contributed by atoms with Crippen LogP contribution in [0.15, 0.2) is 54.6 Å². The van der Waals surface area contributed by atoms with Crippen molar-refractivity contribution in [2.75, 3.05) is 33.7 Å².